The second-order valence-corrected chi connectivity index (χ2v) is 5.00. The van der Waals surface area contributed by atoms with Gasteiger partial charge in [0, 0.05) is 16.3 Å². The molecule has 0 radical (unpaired) electrons. The fourth-order valence-corrected chi connectivity index (χ4v) is 2.36. The summed E-state index contributed by atoms with van der Waals surface area (Å²) in [6.07, 6.45) is 0. The molecule has 0 fully saturated rings. The lowest BCUT2D eigenvalue weighted by atomic mass is 9.99. The fraction of sp³-hybridized carbons (Fsp3) is 0.176. The van der Waals surface area contributed by atoms with Crippen molar-refractivity contribution in [1.29, 1.82) is 0 Å². The Kier molecular flexibility index (Phi) is 3.00. The molecule has 0 bridgehead atoms. The summed E-state index contributed by atoms with van der Waals surface area (Å²) in [5.41, 5.74) is 3.14. The van der Waals surface area contributed by atoms with Crippen LogP contribution in [0.25, 0.3) is 22.0 Å². The number of nitrogens with zero attached hydrogens (tertiary/aromatic N) is 2. The Labute approximate surface area is 113 Å². The van der Waals surface area contributed by atoms with Crippen molar-refractivity contribution in [1.82, 2.24) is 10.2 Å². The molecule has 94 valence electrons. The van der Waals surface area contributed by atoms with Gasteiger partial charge in [-0.2, -0.15) is 5.10 Å². The second kappa shape index (κ2) is 4.81. The predicted octanol–water partition coefficient (Wildman–Crippen LogP) is 4.42. The number of fused-ring (bicyclic) bond motifs is 1. The summed E-state index contributed by atoms with van der Waals surface area (Å²) in [6, 6.07) is 18.6. The van der Waals surface area contributed by atoms with E-state index in [1.54, 1.807) is 0 Å². The average molecular weight is 248 g/mol. The van der Waals surface area contributed by atoms with E-state index in [1.807, 2.05) is 18.2 Å². The summed E-state index contributed by atoms with van der Waals surface area (Å²) in [5, 5.41) is 11.3. The highest BCUT2D eigenvalue weighted by molar-refractivity contribution is 5.95. The molecule has 2 nitrogen and oxygen atoms in total. The minimum absolute atomic E-state index is 0.377. The maximum Gasteiger partial charge on any atom is 0.101 e. The zero-order valence-corrected chi connectivity index (χ0v) is 11.2. The minimum atomic E-state index is 0.377. The lowest BCUT2D eigenvalue weighted by Crippen LogP contribution is -1.99. The molecule has 19 heavy (non-hydrogen) atoms. The first kappa shape index (κ1) is 11.8. The summed E-state index contributed by atoms with van der Waals surface area (Å²) in [7, 11) is 0. The van der Waals surface area contributed by atoms with E-state index in [1.165, 1.54) is 10.8 Å². The molecule has 3 rings (SSSR count). The van der Waals surface area contributed by atoms with Gasteiger partial charge in [0.05, 0.1) is 5.69 Å². The third-order valence-electron chi connectivity index (χ3n) is 3.31. The molecule has 0 atom stereocenters. The van der Waals surface area contributed by atoms with Crippen LogP contribution in [0.5, 0.6) is 0 Å². The van der Waals surface area contributed by atoms with Crippen LogP contribution >= 0.6 is 0 Å². The van der Waals surface area contributed by atoms with E-state index in [0.29, 0.717) is 5.92 Å². The highest BCUT2D eigenvalue weighted by Gasteiger charge is 2.12. The van der Waals surface area contributed by atoms with Gasteiger partial charge in [-0.1, -0.05) is 68.4 Å². The number of rotatable bonds is 2. The maximum absolute atomic E-state index is 4.45. The van der Waals surface area contributed by atoms with E-state index in [9.17, 15) is 0 Å². The van der Waals surface area contributed by atoms with Crippen LogP contribution in [0.4, 0.5) is 0 Å². The molecule has 0 aliphatic rings. The van der Waals surface area contributed by atoms with Crippen LogP contribution in [-0.2, 0) is 0 Å². The van der Waals surface area contributed by atoms with Crippen molar-refractivity contribution in [3.05, 3.63) is 60.3 Å². The SMILES string of the molecule is CC(C)c1nnc(-c2ccccc2)c2ccccc12. The van der Waals surface area contributed by atoms with Crippen molar-refractivity contribution in [3.8, 4) is 11.3 Å². The van der Waals surface area contributed by atoms with Crippen molar-refractivity contribution in [3.63, 3.8) is 0 Å². The topological polar surface area (TPSA) is 25.8 Å². The minimum Gasteiger partial charge on any atom is -0.154 e. The van der Waals surface area contributed by atoms with Gasteiger partial charge in [-0.05, 0) is 5.92 Å². The molecular formula is C17H16N2. The standard InChI is InChI=1S/C17H16N2/c1-12(2)16-14-10-6-7-11-15(14)17(19-18-16)13-8-4-3-5-9-13/h3-12H,1-2H3. The van der Waals surface area contributed by atoms with E-state index in [-0.39, 0.29) is 0 Å². The van der Waals surface area contributed by atoms with Gasteiger partial charge < -0.3 is 0 Å². The number of aromatic nitrogens is 2. The number of hydrogen-bond acceptors (Lipinski definition) is 2. The monoisotopic (exact) mass is 248 g/mol. The Hall–Kier alpha value is -2.22. The molecule has 1 aromatic heterocycles. The fourth-order valence-electron chi connectivity index (χ4n) is 2.36. The van der Waals surface area contributed by atoms with Crippen LogP contribution in [0.1, 0.15) is 25.5 Å². The van der Waals surface area contributed by atoms with Gasteiger partial charge in [-0.3, -0.25) is 0 Å². The molecule has 0 unspecified atom stereocenters. The lowest BCUT2D eigenvalue weighted by Gasteiger charge is -2.11. The summed E-state index contributed by atoms with van der Waals surface area (Å²) in [4.78, 5) is 0. The van der Waals surface area contributed by atoms with Crippen molar-refractivity contribution in [2.45, 2.75) is 19.8 Å². The summed E-state index contributed by atoms with van der Waals surface area (Å²) in [5.74, 6) is 0.377. The quantitative estimate of drug-likeness (QED) is 0.671. The van der Waals surface area contributed by atoms with Gasteiger partial charge in [-0.25, -0.2) is 0 Å². The normalized spacial score (nSPS) is 11.1. The first-order valence-electron chi connectivity index (χ1n) is 6.58. The van der Waals surface area contributed by atoms with Crippen molar-refractivity contribution in [2.24, 2.45) is 0 Å². The van der Waals surface area contributed by atoms with Crippen LogP contribution < -0.4 is 0 Å². The first-order valence-corrected chi connectivity index (χ1v) is 6.58. The molecule has 0 saturated carbocycles. The number of hydrogen-bond donors (Lipinski definition) is 0. The molecular weight excluding hydrogens is 232 g/mol. The summed E-state index contributed by atoms with van der Waals surface area (Å²) < 4.78 is 0. The highest BCUT2D eigenvalue weighted by Crippen LogP contribution is 2.29. The third kappa shape index (κ3) is 2.10. The van der Waals surface area contributed by atoms with E-state index in [0.717, 1.165) is 17.0 Å². The third-order valence-corrected chi connectivity index (χ3v) is 3.31. The largest absolute Gasteiger partial charge is 0.154 e. The van der Waals surface area contributed by atoms with Gasteiger partial charge in [0.25, 0.3) is 0 Å². The number of benzene rings is 2. The van der Waals surface area contributed by atoms with E-state index >= 15 is 0 Å². The molecule has 0 N–H and O–H groups in total. The lowest BCUT2D eigenvalue weighted by molar-refractivity contribution is 0.801. The van der Waals surface area contributed by atoms with Crippen molar-refractivity contribution < 1.29 is 0 Å². The molecule has 0 aliphatic heterocycles. The van der Waals surface area contributed by atoms with Crippen LogP contribution in [0, 0.1) is 0 Å². The van der Waals surface area contributed by atoms with E-state index in [4.69, 9.17) is 0 Å². The van der Waals surface area contributed by atoms with Crippen LogP contribution in [0.3, 0.4) is 0 Å². The average Bonchev–Trinajstić information content (AvgIpc) is 2.47. The van der Waals surface area contributed by atoms with Crippen LogP contribution in [0.15, 0.2) is 54.6 Å². The molecule has 0 amide bonds. The molecule has 0 saturated heterocycles. The molecule has 2 heteroatoms. The highest BCUT2D eigenvalue weighted by atomic mass is 15.1. The Balaban J connectivity index is 2.31. The van der Waals surface area contributed by atoms with Gasteiger partial charge in [0.15, 0.2) is 0 Å². The Bertz CT molecular complexity index is 703. The summed E-state index contributed by atoms with van der Waals surface area (Å²) >= 11 is 0. The van der Waals surface area contributed by atoms with Crippen LogP contribution in [0.2, 0.25) is 0 Å². The van der Waals surface area contributed by atoms with Crippen molar-refractivity contribution >= 4 is 10.8 Å². The molecule has 1 heterocycles. The molecule has 3 aromatic rings. The Morgan fingerprint density at radius 1 is 0.737 bits per heavy atom. The zero-order valence-electron chi connectivity index (χ0n) is 11.2. The van der Waals surface area contributed by atoms with Gasteiger partial charge in [0.2, 0.25) is 0 Å². The molecule has 0 spiro atoms. The maximum atomic E-state index is 4.45. The van der Waals surface area contributed by atoms with Crippen LogP contribution in [-0.4, -0.2) is 10.2 Å². The van der Waals surface area contributed by atoms with Gasteiger partial charge in [-0.15, -0.1) is 5.10 Å². The van der Waals surface area contributed by atoms with E-state index in [2.05, 4.69) is 60.4 Å². The van der Waals surface area contributed by atoms with E-state index < -0.39 is 0 Å². The second-order valence-electron chi connectivity index (χ2n) is 5.00. The first-order chi connectivity index (χ1) is 9.27. The van der Waals surface area contributed by atoms with Gasteiger partial charge in [0.1, 0.15) is 5.69 Å². The zero-order chi connectivity index (χ0) is 13.2. The Morgan fingerprint density at radius 3 is 2.05 bits per heavy atom. The predicted molar refractivity (Wildman–Crippen MR) is 79.1 cm³/mol. The van der Waals surface area contributed by atoms with Crippen molar-refractivity contribution in [2.75, 3.05) is 0 Å². The molecule has 0 aliphatic carbocycles. The smallest absolute Gasteiger partial charge is 0.101 e. The molecule has 2 aromatic carbocycles. The van der Waals surface area contributed by atoms with Gasteiger partial charge >= 0.3 is 0 Å². The summed E-state index contributed by atoms with van der Waals surface area (Å²) in [6.45, 7) is 4.30. The Morgan fingerprint density at radius 2 is 1.37 bits per heavy atom.